The van der Waals surface area contributed by atoms with E-state index < -0.39 is 9.84 Å². The molecular weight excluding hydrogens is 298 g/mol. The zero-order valence-electron chi connectivity index (χ0n) is 12.8. The lowest BCUT2D eigenvalue weighted by molar-refractivity contribution is -0.136. The second-order valence-corrected chi connectivity index (χ2v) is 8.79. The lowest BCUT2D eigenvalue weighted by atomic mass is 9.89. The van der Waals surface area contributed by atoms with Crippen molar-refractivity contribution in [1.29, 1.82) is 0 Å². The van der Waals surface area contributed by atoms with E-state index in [0.717, 1.165) is 32.4 Å². The van der Waals surface area contributed by atoms with Crippen molar-refractivity contribution in [2.75, 3.05) is 24.6 Å². The summed E-state index contributed by atoms with van der Waals surface area (Å²) in [5.74, 6) is 0.609. The standard InChI is InChI=1S/C17H23NO3S/c19-17(16-8-11-22(20,21)13-16)18-9-6-15(7-10-18)12-14-4-2-1-3-5-14/h1-5,15-16H,6-13H2/t16-/m0/s1. The molecule has 120 valence electrons. The Balaban J connectivity index is 1.50. The van der Waals surface area contributed by atoms with Crippen molar-refractivity contribution in [3.05, 3.63) is 35.9 Å². The van der Waals surface area contributed by atoms with Gasteiger partial charge in [-0.2, -0.15) is 0 Å². The van der Waals surface area contributed by atoms with Gasteiger partial charge in [-0.1, -0.05) is 30.3 Å². The van der Waals surface area contributed by atoms with Crippen LogP contribution in [0.4, 0.5) is 0 Å². The van der Waals surface area contributed by atoms with Crippen LogP contribution in [-0.4, -0.2) is 43.8 Å². The van der Waals surface area contributed by atoms with Crippen LogP contribution in [0.5, 0.6) is 0 Å². The molecule has 0 aliphatic carbocycles. The van der Waals surface area contributed by atoms with Crippen molar-refractivity contribution in [3.63, 3.8) is 0 Å². The van der Waals surface area contributed by atoms with Crippen LogP contribution in [0, 0.1) is 11.8 Å². The van der Waals surface area contributed by atoms with Gasteiger partial charge in [0.2, 0.25) is 5.91 Å². The molecular formula is C17H23NO3S. The fraction of sp³-hybridized carbons (Fsp3) is 0.588. The number of benzene rings is 1. The van der Waals surface area contributed by atoms with E-state index in [4.69, 9.17) is 0 Å². The first kappa shape index (κ1) is 15.5. The van der Waals surface area contributed by atoms with Crippen molar-refractivity contribution in [2.24, 2.45) is 11.8 Å². The topological polar surface area (TPSA) is 54.5 Å². The molecule has 4 nitrogen and oxygen atoms in total. The highest BCUT2D eigenvalue weighted by atomic mass is 32.2. The molecule has 2 aliphatic rings. The van der Waals surface area contributed by atoms with Crippen LogP contribution >= 0.6 is 0 Å². The van der Waals surface area contributed by atoms with E-state index in [1.807, 2.05) is 11.0 Å². The first-order valence-electron chi connectivity index (χ1n) is 8.07. The van der Waals surface area contributed by atoms with Gasteiger partial charge >= 0.3 is 0 Å². The summed E-state index contributed by atoms with van der Waals surface area (Å²) in [5.41, 5.74) is 1.36. The van der Waals surface area contributed by atoms with Gasteiger partial charge in [0.15, 0.2) is 9.84 Å². The lowest BCUT2D eigenvalue weighted by Crippen LogP contribution is -2.42. The van der Waals surface area contributed by atoms with Gasteiger partial charge < -0.3 is 4.90 Å². The Morgan fingerprint density at radius 1 is 1.09 bits per heavy atom. The van der Waals surface area contributed by atoms with E-state index in [-0.39, 0.29) is 23.3 Å². The van der Waals surface area contributed by atoms with E-state index in [2.05, 4.69) is 24.3 Å². The number of hydrogen-bond acceptors (Lipinski definition) is 3. The molecule has 3 rings (SSSR count). The highest BCUT2D eigenvalue weighted by Crippen LogP contribution is 2.26. The van der Waals surface area contributed by atoms with Crippen molar-refractivity contribution in [2.45, 2.75) is 25.7 Å². The quantitative estimate of drug-likeness (QED) is 0.854. The van der Waals surface area contributed by atoms with Gasteiger partial charge in [0.25, 0.3) is 0 Å². The normalized spacial score (nSPS) is 25.3. The number of likely N-dealkylation sites (tertiary alicyclic amines) is 1. The maximum Gasteiger partial charge on any atom is 0.226 e. The SMILES string of the molecule is O=C([C@H]1CCS(=O)(=O)C1)N1CCC(Cc2ccccc2)CC1. The number of rotatable bonds is 3. The number of nitrogens with zero attached hydrogens (tertiary/aromatic N) is 1. The molecule has 2 saturated heterocycles. The van der Waals surface area contributed by atoms with Crippen LogP contribution in [0.3, 0.4) is 0 Å². The lowest BCUT2D eigenvalue weighted by Gasteiger charge is -2.33. The number of amides is 1. The summed E-state index contributed by atoms with van der Waals surface area (Å²) >= 11 is 0. The van der Waals surface area contributed by atoms with E-state index >= 15 is 0 Å². The van der Waals surface area contributed by atoms with Crippen LogP contribution in [0.25, 0.3) is 0 Å². The molecule has 0 N–H and O–H groups in total. The minimum absolute atomic E-state index is 0.0514. The van der Waals surface area contributed by atoms with Gasteiger partial charge in [0, 0.05) is 13.1 Å². The molecule has 1 atom stereocenters. The summed E-state index contributed by atoms with van der Waals surface area (Å²) < 4.78 is 23.0. The van der Waals surface area contributed by atoms with E-state index in [1.165, 1.54) is 5.56 Å². The third-order valence-electron chi connectivity index (χ3n) is 4.88. The fourth-order valence-electron chi connectivity index (χ4n) is 3.55. The average Bonchev–Trinajstić information content (AvgIpc) is 2.88. The van der Waals surface area contributed by atoms with Crippen molar-refractivity contribution < 1.29 is 13.2 Å². The molecule has 0 radical (unpaired) electrons. The highest BCUT2D eigenvalue weighted by Gasteiger charge is 2.36. The maximum atomic E-state index is 12.4. The molecule has 1 amide bonds. The molecule has 22 heavy (non-hydrogen) atoms. The van der Waals surface area contributed by atoms with E-state index in [1.54, 1.807) is 0 Å². The Morgan fingerprint density at radius 2 is 1.77 bits per heavy atom. The van der Waals surface area contributed by atoms with Crippen molar-refractivity contribution in [3.8, 4) is 0 Å². The first-order chi connectivity index (χ1) is 10.5. The predicted molar refractivity (Wildman–Crippen MR) is 86.2 cm³/mol. The minimum Gasteiger partial charge on any atom is -0.342 e. The fourth-order valence-corrected chi connectivity index (χ4v) is 5.29. The van der Waals surface area contributed by atoms with Gasteiger partial charge in [0.05, 0.1) is 17.4 Å². The Bertz CT molecular complexity index is 619. The molecule has 1 aromatic carbocycles. The zero-order valence-corrected chi connectivity index (χ0v) is 13.6. The number of carbonyl (C=O) groups is 1. The largest absolute Gasteiger partial charge is 0.342 e. The number of hydrogen-bond donors (Lipinski definition) is 0. The van der Waals surface area contributed by atoms with Crippen LogP contribution in [0.1, 0.15) is 24.8 Å². The number of sulfone groups is 1. The van der Waals surface area contributed by atoms with Crippen LogP contribution in [-0.2, 0) is 21.1 Å². The third-order valence-corrected chi connectivity index (χ3v) is 6.64. The second-order valence-electron chi connectivity index (χ2n) is 6.56. The molecule has 0 aromatic heterocycles. The molecule has 2 aliphatic heterocycles. The van der Waals surface area contributed by atoms with E-state index in [9.17, 15) is 13.2 Å². The summed E-state index contributed by atoms with van der Waals surface area (Å²) in [6.07, 6.45) is 3.60. The summed E-state index contributed by atoms with van der Waals surface area (Å²) in [6, 6.07) is 10.5. The smallest absolute Gasteiger partial charge is 0.226 e. The summed E-state index contributed by atoms with van der Waals surface area (Å²) in [5, 5.41) is 0. The number of carbonyl (C=O) groups excluding carboxylic acids is 1. The van der Waals surface area contributed by atoms with Gasteiger partial charge in [-0.15, -0.1) is 0 Å². The molecule has 0 saturated carbocycles. The monoisotopic (exact) mass is 321 g/mol. The summed E-state index contributed by atoms with van der Waals surface area (Å²) in [7, 11) is -2.98. The van der Waals surface area contributed by atoms with Gasteiger partial charge in [-0.3, -0.25) is 4.79 Å². The molecule has 1 aromatic rings. The second kappa shape index (κ2) is 6.41. The zero-order chi connectivity index (χ0) is 15.6. The first-order valence-corrected chi connectivity index (χ1v) is 9.89. The summed E-state index contributed by atoms with van der Waals surface area (Å²) in [4.78, 5) is 14.3. The average molecular weight is 321 g/mol. The Labute approximate surface area is 132 Å². The van der Waals surface area contributed by atoms with Crippen LogP contribution < -0.4 is 0 Å². The molecule has 2 fully saturated rings. The highest BCUT2D eigenvalue weighted by molar-refractivity contribution is 7.91. The van der Waals surface area contributed by atoms with Gasteiger partial charge in [-0.05, 0) is 37.2 Å². The summed E-state index contributed by atoms with van der Waals surface area (Å²) in [6.45, 7) is 1.54. The van der Waals surface area contributed by atoms with Gasteiger partial charge in [-0.25, -0.2) is 8.42 Å². The van der Waals surface area contributed by atoms with Crippen LogP contribution in [0.2, 0.25) is 0 Å². The molecule has 0 spiro atoms. The molecule has 0 bridgehead atoms. The number of piperidine rings is 1. The molecule has 2 heterocycles. The Hall–Kier alpha value is -1.36. The van der Waals surface area contributed by atoms with Gasteiger partial charge in [0.1, 0.15) is 0 Å². The van der Waals surface area contributed by atoms with Crippen LogP contribution in [0.15, 0.2) is 30.3 Å². The predicted octanol–water partition coefficient (Wildman–Crippen LogP) is 1.90. The van der Waals surface area contributed by atoms with Crippen molar-refractivity contribution in [1.82, 2.24) is 4.90 Å². The van der Waals surface area contributed by atoms with Crippen molar-refractivity contribution >= 4 is 15.7 Å². The van der Waals surface area contributed by atoms with E-state index in [0.29, 0.717) is 12.3 Å². The maximum absolute atomic E-state index is 12.4. The molecule has 5 heteroatoms. The third kappa shape index (κ3) is 3.69. The Morgan fingerprint density at radius 3 is 2.36 bits per heavy atom. The molecule has 0 unspecified atom stereocenters. The minimum atomic E-state index is -2.98. The Kier molecular flexibility index (Phi) is 4.52.